The molecule has 3 heterocycles. The number of nitrogens with zero attached hydrogens (tertiary/aromatic N) is 4. The maximum Gasteiger partial charge on any atom is 0.498 e. The van der Waals surface area contributed by atoms with Crippen LogP contribution in [0.15, 0.2) is 12.4 Å². The number of carbonyl (C=O) groups excluding carboxylic acids is 2. The highest BCUT2D eigenvalue weighted by molar-refractivity contribution is 6.61. The minimum absolute atomic E-state index is 0.0501. The fourth-order valence-electron chi connectivity index (χ4n) is 4.58. The summed E-state index contributed by atoms with van der Waals surface area (Å²) in [5.41, 5.74) is -0.728. The van der Waals surface area contributed by atoms with Gasteiger partial charge in [-0.15, -0.1) is 0 Å². The van der Waals surface area contributed by atoms with E-state index in [9.17, 15) is 9.59 Å². The lowest BCUT2D eigenvalue weighted by Crippen LogP contribution is -2.56. The number of hydrogen-bond acceptors (Lipinski definition) is 8. The molecule has 10 nitrogen and oxygen atoms in total. The van der Waals surface area contributed by atoms with Gasteiger partial charge in [0.25, 0.3) is 0 Å². The van der Waals surface area contributed by atoms with Gasteiger partial charge in [0.05, 0.1) is 11.2 Å². The Hall–Kier alpha value is -2.40. The van der Waals surface area contributed by atoms with Crippen LogP contribution in [0.5, 0.6) is 0 Å². The summed E-state index contributed by atoms with van der Waals surface area (Å²) >= 11 is 0. The zero-order valence-electron chi connectivity index (χ0n) is 24.1. The van der Waals surface area contributed by atoms with Gasteiger partial charge in [-0.3, -0.25) is 4.79 Å². The number of alkyl carbamates (subject to hydrolysis) is 1. The van der Waals surface area contributed by atoms with Gasteiger partial charge in [0, 0.05) is 43.0 Å². The van der Waals surface area contributed by atoms with E-state index >= 15 is 0 Å². The molecule has 1 N–H and O–H groups in total. The summed E-state index contributed by atoms with van der Waals surface area (Å²) in [6.45, 7) is 20.5. The van der Waals surface area contributed by atoms with E-state index in [-0.39, 0.29) is 18.0 Å². The molecule has 0 saturated carbocycles. The van der Waals surface area contributed by atoms with Crippen molar-refractivity contribution >= 4 is 30.5 Å². The lowest BCUT2D eigenvalue weighted by Gasteiger charge is -2.42. The van der Waals surface area contributed by atoms with Crippen LogP contribution in [0.3, 0.4) is 0 Å². The van der Waals surface area contributed by atoms with Crippen LogP contribution in [0.25, 0.3) is 0 Å². The predicted octanol–water partition coefficient (Wildman–Crippen LogP) is 2.89. The van der Waals surface area contributed by atoms with E-state index < -0.39 is 36.1 Å². The average Bonchev–Trinajstić information content (AvgIpc) is 2.99. The Bertz CT molecular complexity index is 947. The van der Waals surface area contributed by atoms with Gasteiger partial charge in [-0.05, 0) is 82.1 Å². The second kappa shape index (κ2) is 10.8. The molecule has 206 valence electrons. The third-order valence-electron chi connectivity index (χ3n) is 7.18. The molecule has 2 fully saturated rings. The van der Waals surface area contributed by atoms with Gasteiger partial charge in [0.1, 0.15) is 11.6 Å². The van der Waals surface area contributed by atoms with Crippen LogP contribution in [-0.4, -0.2) is 82.0 Å². The highest BCUT2D eigenvalue weighted by atomic mass is 16.7. The van der Waals surface area contributed by atoms with Crippen LogP contribution in [0.2, 0.25) is 0 Å². The molecule has 2 amide bonds. The Labute approximate surface area is 222 Å². The van der Waals surface area contributed by atoms with E-state index in [1.54, 1.807) is 40.1 Å². The molecule has 0 spiro atoms. The molecule has 0 aromatic carbocycles. The summed E-state index contributed by atoms with van der Waals surface area (Å²) in [5, 5.41) is 2.66. The number of rotatable bonds is 6. The van der Waals surface area contributed by atoms with Gasteiger partial charge in [-0.1, -0.05) is 0 Å². The molecule has 37 heavy (non-hydrogen) atoms. The normalized spacial score (nSPS) is 22.1. The molecule has 1 aromatic heterocycles. The number of aromatic nitrogens is 2. The maximum absolute atomic E-state index is 13.1. The monoisotopic (exact) mass is 517 g/mol. The smallest absolute Gasteiger partial charge is 0.444 e. The molecule has 1 aromatic rings. The quantitative estimate of drug-likeness (QED) is 0.575. The molecule has 0 aliphatic carbocycles. The van der Waals surface area contributed by atoms with Crippen LogP contribution >= 0.6 is 0 Å². The van der Waals surface area contributed by atoms with E-state index in [4.69, 9.17) is 14.0 Å². The lowest BCUT2D eigenvalue weighted by molar-refractivity contribution is -0.134. The molecule has 0 bridgehead atoms. The van der Waals surface area contributed by atoms with Crippen molar-refractivity contribution in [1.29, 1.82) is 0 Å². The van der Waals surface area contributed by atoms with Crippen LogP contribution < -0.4 is 15.7 Å². The Morgan fingerprint density at radius 1 is 1.14 bits per heavy atom. The predicted molar refractivity (Wildman–Crippen MR) is 144 cm³/mol. The van der Waals surface area contributed by atoms with E-state index in [2.05, 4.69) is 34.0 Å². The standard InChI is InChI=1S/C26H44BN5O5/c1-17(2)32(22-28-14-19(15-29-22)27-36-25(7,8)26(9,10)37-27)20-12-11-13-31(16-20)21(33)18(3)30-23(34)35-24(4,5)6/h14-15,17-18,20H,11-13,16H2,1-10H3,(H,30,34). The van der Waals surface area contributed by atoms with Gasteiger partial charge < -0.3 is 29.2 Å². The number of hydrogen-bond donors (Lipinski definition) is 1. The highest BCUT2D eigenvalue weighted by Gasteiger charge is 2.52. The molecular formula is C26H44BN5O5. The number of likely N-dealkylation sites (tertiary alicyclic amines) is 1. The number of amides is 2. The Kier molecular flexibility index (Phi) is 8.49. The largest absolute Gasteiger partial charge is 0.498 e. The van der Waals surface area contributed by atoms with Gasteiger partial charge in [0.15, 0.2) is 0 Å². The summed E-state index contributed by atoms with van der Waals surface area (Å²) in [6, 6.07) is -0.509. The number of carbonyl (C=O) groups is 2. The van der Waals surface area contributed by atoms with E-state index in [0.717, 1.165) is 18.3 Å². The van der Waals surface area contributed by atoms with E-state index in [1.807, 2.05) is 32.6 Å². The van der Waals surface area contributed by atoms with Crippen molar-refractivity contribution in [3.8, 4) is 0 Å². The molecular weight excluding hydrogens is 473 g/mol. The number of nitrogens with one attached hydrogen (secondary N) is 1. The van der Waals surface area contributed by atoms with Crippen molar-refractivity contribution in [3.05, 3.63) is 12.4 Å². The molecule has 2 atom stereocenters. The van der Waals surface area contributed by atoms with Gasteiger partial charge in [-0.25, -0.2) is 14.8 Å². The zero-order valence-corrected chi connectivity index (χ0v) is 24.1. The summed E-state index contributed by atoms with van der Waals surface area (Å²) in [5.74, 6) is 0.478. The number of anilines is 1. The second-order valence-electron chi connectivity index (χ2n) is 12.4. The average molecular weight is 517 g/mol. The third-order valence-corrected chi connectivity index (χ3v) is 7.18. The van der Waals surface area contributed by atoms with E-state index in [1.165, 1.54) is 0 Å². The minimum atomic E-state index is -0.684. The molecule has 2 aliphatic heterocycles. The van der Waals surface area contributed by atoms with Gasteiger partial charge >= 0.3 is 13.2 Å². The van der Waals surface area contributed by atoms with E-state index in [0.29, 0.717) is 19.0 Å². The SMILES string of the molecule is CC(NC(=O)OC(C)(C)C)C(=O)N1CCCC(N(c2ncc(B3OC(C)(C)C(C)(C)O3)cn2)C(C)C)C1. The first-order chi connectivity index (χ1) is 17.0. The van der Waals surface area contributed by atoms with Crippen LogP contribution in [0, 0.1) is 0 Å². The lowest BCUT2D eigenvalue weighted by atomic mass is 9.81. The van der Waals surface area contributed by atoms with Crippen molar-refractivity contribution in [1.82, 2.24) is 20.2 Å². The van der Waals surface area contributed by atoms with Gasteiger partial charge in [0.2, 0.25) is 11.9 Å². The number of piperidine rings is 1. The fraction of sp³-hybridized carbons (Fsp3) is 0.769. The van der Waals surface area contributed by atoms with Crippen molar-refractivity contribution in [2.75, 3.05) is 18.0 Å². The third kappa shape index (κ3) is 6.93. The van der Waals surface area contributed by atoms with Crippen molar-refractivity contribution in [3.63, 3.8) is 0 Å². The highest BCUT2D eigenvalue weighted by Crippen LogP contribution is 2.36. The molecule has 2 aliphatic rings. The number of ether oxygens (including phenoxy) is 1. The molecule has 3 rings (SSSR count). The van der Waals surface area contributed by atoms with Crippen molar-refractivity contribution in [2.24, 2.45) is 0 Å². The van der Waals surface area contributed by atoms with Crippen LogP contribution in [0.1, 0.15) is 82.1 Å². The van der Waals surface area contributed by atoms with Crippen molar-refractivity contribution in [2.45, 2.75) is 117 Å². The molecule has 0 radical (unpaired) electrons. The first kappa shape index (κ1) is 29.2. The van der Waals surface area contributed by atoms with Crippen LogP contribution in [-0.2, 0) is 18.8 Å². The second-order valence-corrected chi connectivity index (χ2v) is 12.4. The Morgan fingerprint density at radius 3 is 2.22 bits per heavy atom. The minimum Gasteiger partial charge on any atom is -0.444 e. The summed E-state index contributed by atoms with van der Waals surface area (Å²) < 4.78 is 17.6. The fourth-order valence-corrected chi connectivity index (χ4v) is 4.58. The summed E-state index contributed by atoms with van der Waals surface area (Å²) in [6.07, 6.45) is 4.70. The first-order valence-corrected chi connectivity index (χ1v) is 13.2. The topological polar surface area (TPSA) is 106 Å². The molecule has 2 unspecified atom stereocenters. The van der Waals surface area contributed by atoms with Crippen molar-refractivity contribution < 1.29 is 23.6 Å². The summed E-state index contributed by atoms with van der Waals surface area (Å²) in [7, 11) is -0.520. The molecule has 11 heteroatoms. The Balaban J connectivity index is 1.68. The zero-order chi connectivity index (χ0) is 27.8. The summed E-state index contributed by atoms with van der Waals surface area (Å²) in [4.78, 5) is 38.6. The Morgan fingerprint density at radius 2 is 1.70 bits per heavy atom. The first-order valence-electron chi connectivity index (χ1n) is 13.2. The molecule has 2 saturated heterocycles. The van der Waals surface area contributed by atoms with Crippen LogP contribution in [0.4, 0.5) is 10.7 Å². The van der Waals surface area contributed by atoms with Gasteiger partial charge in [-0.2, -0.15) is 0 Å². The maximum atomic E-state index is 13.1.